The van der Waals surface area contributed by atoms with Crippen LogP contribution in [0.25, 0.3) is 5.69 Å². The Morgan fingerprint density at radius 2 is 1.75 bits per heavy atom. The number of unbranched alkanes of at least 4 members (excludes halogenated alkanes) is 2. The summed E-state index contributed by atoms with van der Waals surface area (Å²) < 4.78 is 3.56. The number of aryl methyl sites for hydroxylation is 1. The summed E-state index contributed by atoms with van der Waals surface area (Å²) in [7, 11) is 0.988. The van der Waals surface area contributed by atoms with Gasteiger partial charge >= 0.3 is 0 Å². The molecule has 1 aromatic heterocycles. The van der Waals surface area contributed by atoms with E-state index >= 15 is 0 Å². The third-order valence-electron chi connectivity index (χ3n) is 9.09. The minimum atomic E-state index is -0.936. The quantitative estimate of drug-likeness (QED) is 0.117. The summed E-state index contributed by atoms with van der Waals surface area (Å²) in [5.74, 6) is -0.265. The first kappa shape index (κ1) is 34.8. The van der Waals surface area contributed by atoms with Crippen LogP contribution < -0.4 is 10.2 Å². The molecule has 3 aromatic carbocycles. The number of rotatable bonds is 14. The minimum Gasteiger partial charge on any atom is -0.412 e. The van der Waals surface area contributed by atoms with Crippen LogP contribution in [0.2, 0.25) is 0 Å². The highest BCUT2D eigenvalue weighted by Gasteiger charge is 2.32. The lowest BCUT2D eigenvalue weighted by Crippen LogP contribution is -2.46. The third kappa shape index (κ3) is 7.94. The van der Waals surface area contributed by atoms with Crippen molar-refractivity contribution in [3.63, 3.8) is 0 Å². The van der Waals surface area contributed by atoms with Crippen molar-refractivity contribution in [2.24, 2.45) is 0 Å². The summed E-state index contributed by atoms with van der Waals surface area (Å²) in [4.78, 5) is 35.6. The SMILES string of the molecule is C=[N+](C)c1cccc([SiH2]Nc2ccc(-n3nc(C(=O)N(CCCC)CCCC)cc3C)c(C(=O)N3Cc4ccccc4CC3CO)c2)c1. The molecule has 2 N–H and O–H groups in total. The van der Waals surface area contributed by atoms with Crippen molar-refractivity contribution in [3.8, 4) is 5.69 Å². The number of carbonyl (C=O) groups excluding carboxylic acids is 2. The smallest absolute Gasteiger partial charge is 0.274 e. The number of aliphatic hydroxyl groups is 1. The van der Waals surface area contributed by atoms with Gasteiger partial charge in [0.2, 0.25) is 5.69 Å². The van der Waals surface area contributed by atoms with Gasteiger partial charge in [-0.2, -0.15) is 5.10 Å². The van der Waals surface area contributed by atoms with E-state index < -0.39 is 9.68 Å². The van der Waals surface area contributed by atoms with Crippen molar-refractivity contribution in [2.45, 2.75) is 65.5 Å². The minimum absolute atomic E-state index is 0.0842. The van der Waals surface area contributed by atoms with E-state index in [1.54, 1.807) is 9.58 Å². The van der Waals surface area contributed by atoms with Crippen LogP contribution in [0.4, 0.5) is 11.4 Å². The molecule has 0 fully saturated rings. The molecule has 0 spiro atoms. The Morgan fingerprint density at radius 3 is 2.44 bits per heavy atom. The summed E-state index contributed by atoms with van der Waals surface area (Å²) in [6.45, 7) is 11.8. The Hall–Kier alpha value is -4.54. The number of hydrogen-bond donors (Lipinski definition) is 2. The standard InChI is InChI=1S/C38H49N6O3Si/c1-6-8-19-42(20-9-7-2)38(47)35-21-27(3)44(39-35)36-18-17-30(40-48-33-16-12-15-31(24-33)41(4)5)23-34(36)37(46)43-25-29-14-11-10-13-28(29)22-32(43)26-45/h10-18,21,23-24,32,40,45H,4,6-9,19-20,22,25-26,48H2,1-3,5H3/q+1. The van der Waals surface area contributed by atoms with Crippen LogP contribution in [-0.4, -0.2) is 90.3 Å². The summed E-state index contributed by atoms with van der Waals surface area (Å²) in [6, 6.07) is 23.7. The van der Waals surface area contributed by atoms with Crippen LogP contribution >= 0.6 is 0 Å². The second kappa shape index (κ2) is 16.0. The average Bonchev–Trinajstić information content (AvgIpc) is 3.50. The van der Waals surface area contributed by atoms with Crippen LogP contribution in [0.5, 0.6) is 0 Å². The first-order valence-electron chi connectivity index (χ1n) is 17.1. The zero-order valence-electron chi connectivity index (χ0n) is 28.8. The van der Waals surface area contributed by atoms with E-state index in [0.29, 0.717) is 43.0 Å². The number of carbonyl (C=O) groups is 2. The van der Waals surface area contributed by atoms with Gasteiger partial charge in [-0.05, 0) is 66.8 Å². The molecule has 1 aliphatic heterocycles. The van der Waals surface area contributed by atoms with Crippen molar-refractivity contribution in [3.05, 3.63) is 101 Å². The van der Waals surface area contributed by atoms with Gasteiger partial charge in [0.15, 0.2) is 15.4 Å². The van der Waals surface area contributed by atoms with Crippen molar-refractivity contribution in [2.75, 3.05) is 31.7 Å². The van der Waals surface area contributed by atoms with E-state index in [0.717, 1.165) is 53.9 Å². The number of anilines is 1. The predicted octanol–water partition coefficient (Wildman–Crippen LogP) is 4.58. The molecule has 48 heavy (non-hydrogen) atoms. The van der Waals surface area contributed by atoms with Crippen molar-refractivity contribution in [1.82, 2.24) is 19.6 Å². The number of fused-ring (bicyclic) bond motifs is 1. The summed E-state index contributed by atoms with van der Waals surface area (Å²) in [5.41, 5.74) is 6.33. The Bertz CT molecular complexity index is 1760. The Morgan fingerprint density at radius 1 is 1.02 bits per heavy atom. The highest BCUT2D eigenvalue weighted by Crippen LogP contribution is 2.29. The van der Waals surface area contributed by atoms with E-state index in [4.69, 9.17) is 5.10 Å². The molecule has 1 atom stereocenters. The number of nitrogens with one attached hydrogen (secondary N) is 1. The van der Waals surface area contributed by atoms with Gasteiger partial charge in [0.1, 0.15) is 13.8 Å². The van der Waals surface area contributed by atoms with E-state index in [2.05, 4.69) is 43.7 Å². The second-order valence-electron chi connectivity index (χ2n) is 12.8. The second-order valence-corrected chi connectivity index (χ2v) is 14.3. The Balaban J connectivity index is 1.52. The molecule has 0 radical (unpaired) electrons. The highest BCUT2D eigenvalue weighted by atomic mass is 28.2. The molecule has 2 heterocycles. The van der Waals surface area contributed by atoms with Gasteiger partial charge in [0.05, 0.1) is 23.9 Å². The molecule has 1 aliphatic rings. The van der Waals surface area contributed by atoms with Crippen molar-refractivity contribution >= 4 is 44.8 Å². The van der Waals surface area contributed by atoms with Crippen LogP contribution in [0.1, 0.15) is 77.2 Å². The molecule has 0 bridgehead atoms. The molecule has 2 amide bonds. The number of hydrogen-bond acceptors (Lipinski definition) is 5. The Labute approximate surface area is 286 Å². The predicted molar refractivity (Wildman–Crippen MR) is 196 cm³/mol. The molecular weight excluding hydrogens is 617 g/mol. The molecule has 0 saturated heterocycles. The molecular formula is C38H49N6O3Si+. The molecule has 1 unspecified atom stereocenters. The highest BCUT2D eigenvalue weighted by molar-refractivity contribution is 6.57. The number of aromatic nitrogens is 2. The van der Waals surface area contributed by atoms with E-state index in [-0.39, 0.29) is 24.5 Å². The maximum Gasteiger partial charge on any atom is 0.274 e. The lowest BCUT2D eigenvalue weighted by atomic mass is 9.93. The fourth-order valence-electron chi connectivity index (χ4n) is 6.25. The monoisotopic (exact) mass is 665 g/mol. The lowest BCUT2D eigenvalue weighted by Gasteiger charge is -2.36. The van der Waals surface area contributed by atoms with Gasteiger partial charge < -0.3 is 19.9 Å². The first-order valence-corrected chi connectivity index (χ1v) is 18.5. The molecule has 4 aromatic rings. The van der Waals surface area contributed by atoms with Crippen molar-refractivity contribution < 1.29 is 19.3 Å². The number of benzene rings is 3. The molecule has 252 valence electrons. The van der Waals surface area contributed by atoms with Gasteiger partial charge in [-0.3, -0.25) is 9.59 Å². The molecule has 9 nitrogen and oxygen atoms in total. The average molecular weight is 666 g/mol. The van der Waals surface area contributed by atoms with Gasteiger partial charge in [-0.1, -0.05) is 63.1 Å². The molecule has 5 rings (SSSR count). The van der Waals surface area contributed by atoms with E-state index in [1.165, 1.54) is 5.19 Å². The van der Waals surface area contributed by atoms with E-state index in [9.17, 15) is 14.7 Å². The van der Waals surface area contributed by atoms with Crippen LogP contribution in [0.15, 0.2) is 72.8 Å². The number of aliphatic hydroxyl groups excluding tert-OH is 1. The van der Waals surface area contributed by atoms with Gasteiger partial charge in [-0.25, -0.2) is 9.26 Å². The third-order valence-corrected chi connectivity index (χ3v) is 10.5. The van der Waals surface area contributed by atoms with E-state index in [1.807, 2.05) is 78.0 Å². The first-order chi connectivity index (χ1) is 23.2. The zero-order valence-corrected chi connectivity index (χ0v) is 30.2. The summed E-state index contributed by atoms with van der Waals surface area (Å²) in [5, 5.41) is 16.4. The van der Waals surface area contributed by atoms with Crippen LogP contribution in [0, 0.1) is 6.92 Å². The fourth-order valence-corrected chi connectivity index (χ4v) is 7.44. The number of amides is 2. The largest absolute Gasteiger partial charge is 0.412 e. The summed E-state index contributed by atoms with van der Waals surface area (Å²) in [6.07, 6.45) is 4.47. The molecule has 0 aliphatic carbocycles. The lowest BCUT2D eigenvalue weighted by molar-refractivity contribution is -0.394. The van der Waals surface area contributed by atoms with Crippen molar-refractivity contribution in [1.29, 1.82) is 0 Å². The van der Waals surface area contributed by atoms with Crippen LogP contribution in [-0.2, 0) is 13.0 Å². The summed E-state index contributed by atoms with van der Waals surface area (Å²) >= 11 is 0. The zero-order chi connectivity index (χ0) is 34.2. The number of nitrogens with zero attached hydrogens (tertiary/aromatic N) is 5. The van der Waals surface area contributed by atoms with Gasteiger partial charge in [0.25, 0.3) is 11.8 Å². The Kier molecular flexibility index (Phi) is 11.6. The molecule has 10 heteroatoms. The van der Waals surface area contributed by atoms with Crippen LogP contribution in [0.3, 0.4) is 0 Å². The maximum absolute atomic E-state index is 14.6. The topological polar surface area (TPSA) is 93.7 Å². The molecule has 0 saturated carbocycles. The maximum atomic E-state index is 14.6. The fraction of sp³-hybridized carbons (Fsp3) is 0.368. The van der Waals surface area contributed by atoms with Gasteiger partial charge in [-0.15, -0.1) is 0 Å². The normalized spacial score (nSPS) is 14.3. The van der Waals surface area contributed by atoms with Gasteiger partial charge in [0, 0.05) is 43.1 Å².